The number of aliphatic hydroxyl groups excluding tert-OH is 3. The lowest BCUT2D eigenvalue weighted by Gasteiger charge is -2.43. The molecule has 1 aliphatic heterocycles. The maximum absolute atomic E-state index is 12.9. The third-order valence-electron chi connectivity index (χ3n) is 6.60. The largest absolute Gasteiger partial charge is 0.480 e. The molecular weight excluding hydrogens is 576 g/mol. The highest BCUT2D eigenvalue weighted by molar-refractivity contribution is 5.94. The fourth-order valence-corrected chi connectivity index (χ4v) is 4.20. The highest BCUT2D eigenvalue weighted by atomic mass is 16.6. The van der Waals surface area contributed by atoms with Gasteiger partial charge in [-0.1, -0.05) is 0 Å². The smallest absolute Gasteiger partial charge is 0.326 e. The number of primary amides is 1. The van der Waals surface area contributed by atoms with Gasteiger partial charge >= 0.3 is 5.97 Å². The predicted molar refractivity (Wildman–Crippen MR) is 146 cm³/mol. The molecule has 0 aliphatic carbocycles. The van der Waals surface area contributed by atoms with Gasteiger partial charge in [-0.3, -0.25) is 24.0 Å². The van der Waals surface area contributed by atoms with Crippen molar-refractivity contribution in [3.63, 3.8) is 0 Å². The minimum Gasteiger partial charge on any atom is -0.480 e. The second-order valence-corrected chi connectivity index (χ2v) is 10.2. The number of nitrogens with two attached hydrogens (primary N) is 2. The number of ether oxygens (including phenoxy) is 2. The predicted octanol–water partition coefficient (Wildman–Crippen LogP) is -4.71. The molecular formula is C25H44N6O12. The molecule has 1 aliphatic rings. The molecule has 18 nitrogen and oxygen atoms in total. The Hall–Kier alpha value is -3.42. The fourth-order valence-electron chi connectivity index (χ4n) is 4.20. The maximum atomic E-state index is 12.9. The number of amides is 5. The summed E-state index contributed by atoms with van der Waals surface area (Å²) in [6.45, 7) is 3.33. The topological polar surface area (TPSA) is 302 Å². The van der Waals surface area contributed by atoms with Crippen molar-refractivity contribution in [2.24, 2.45) is 11.5 Å². The molecule has 0 aromatic rings. The Bertz CT molecular complexity index is 984. The molecule has 0 saturated carbocycles. The van der Waals surface area contributed by atoms with E-state index in [2.05, 4.69) is 21.3 Å². The molecule has 246 valence electrons. The number of unbranched alkanes of at least 4 members (excludes halogenated alkanes) is 1. The van der Waals surface area contributed by atoms with E-state index in [9.17, 15) is 49.2 Å². The summed E-state index contributed by atoms with van der Waals surface area (Å²) in [5, 5.41) is 49.1. The van der Waals surface area contributed by atoms with Crippen molar-refractivity contribution in [3.05, 3.63) is 0 Å². The quantitative estimate of drug-likeness (QED) is 0.0645. The van der Waals surface area contributed by atoms with E-state index < -0.39 is 97.0 Å². The molecule has 0 aromatic heterocycles. The molecule has 0 radical (unpaired) electrons. The van der Waals surface area contributed by atoms with Crippen LogP contribution in [0.25, 0.3) is 0 Å². The van der Waals surface area contributed by atoms with Gasteiger partial charge in [0.1, 0.15) is 48.6 Å². The van der Waals surface area contributed by atoms with Gasteiger partial charge in [0.15, 0.2) is 6.29 Å². The van der Waals surface area contributed by atoms with E-state index in [1.165, 1.54) is 13.8 Å². The Morgan fingerprint density at radius 2 is 1.56 bits per heavy atom. The monoisotopic (exact) mass is 620 g/mol. The molecule has 43 heavy (non-hydrogen) atoms. The van der Waals surface area contributed by atoms with Crippen LogP contribution in [0.3, 0.4) is 0 Å². The van der Waals surface area contributed by atoms with Gasteiger partial charge in [0.25, 0.3) is 0 Å². The highest BCUT2D eigenvalue weighted by Crippen LogP contribution is 2.23. The van der Waals surface area contributed by atoms with Gasteiger partial charge in [-0.2, -0.15) is 0 Å². The van der Waals surface area contributed by atoms with Crippen molar-refractivity contribution in [1.29, 1.82) is 0 Å². The van der Waals surface area contributed by atoms with Crippen LogP contribution in [-0.4, -0.2) is 124 Å². The van der Waals surface area contributed by atoms with Gasteiger partial charge in [0, 0.05) is 13.3 Å². The van der Waals surface area contributed by atoms with Crippen LogP contribution in [0.5, 0.6) is 0 Å². The van der Waals surface area contributed by atoms with Crippen LogP contribution >= 0.6 is 0 Å². The Morgan fingerprint density at radius 1 is 0.930 bits per heavy atom. The average Bonchev–Trinajstić information content (AvgIpc) is 2.93. The second-order valence-electron chi connectivity index (χ2n) is 10.2. The molecule has 5 amide bonds. The molecule has 1 unspecified atom stereocenters. The SMILES string of the molecule is CC(=O)N[C@@H]1[C@@H](OC(C)C(=O)N[C@@H](C)C(=O)N[C@H](CCC(N)=O)C(=O)N[C@@H](CCCCN)C(=O)O)[C@H](O)[C@@H](CO)O[C@@H]1O. The zero-order valence-corrected chi connectivity index (χ0v) is 24.4. The van der Waals surface area contributed by atoms with Crippen LogP contribution in [0, 0.1) is 0 Å². The van der Waals surface area contributed by atoms with Crippen LogP contribution in [0.2, 0.25) is 0 Å². The van der Waals surface area contributed by atoms with Gasteiger partial charge < -0.3 is 62.6 Å². The summed E-state index contributed by atoms with van der Waals surface area (Å²) < 4.78 is 10.7. The molecule has 1 heterocycles. The summed E-state index contributed by atoms with van der Waals surface area (Å²) in [6, 6.07) is -5.21. The number of rotatable bonds is 18. The first kappa shape index (κ1) is 37.6. The second kappa shape index (κ2) is 18.3. The summed E-state index contributed by atoms with van der Waals surface area (Å²) in [7, 11) is 0. The van der Waals surface area contributed by atoms with Crippen LogP contribution in [0.4, 0.5) is 0 Å². The Labute approximate surface area is 248 Å². The van der Waals surface area contributed by atoms with E-state index in [0.717, 1.165) is 6.92 Å². The molecule has 1 fully saturated rings. The van der Waals surface area contributed by atoms with E-state index in [1.54, 1.807) is 0 Å². The summed E-state index contributed by atoms with van der Waals surface area (Å²) in [6.07, 6.45) is -6.81. The summed E-state index contributed by atoms with van der Waals surface area (Å²) in [5.74, 6) is -5.26. The molecule has 18 heteroatoms. The minimum absolute atomic E-state index is 0.0831. The molecule has 1 saturated heterocycles. The third kappa shape index (κ3) is 12.4. The van der Waals surface area contributed by atoms with E-state index >= 15 is 0 Å². The van der Waals surface area contributed by atoms with Crippen LogP contribution in [0.15, 0.2) is 0 Å². The molecule has 0 aromatic carbocycles. The number of aliphatic carboxylic acids is 1. The number of carbonyl (C=O) groups is 6. The van der Waals surface area contributed by atoms with E-state index in [-0.39, 0.29) is 19.3 Å². The van der Waals surface area contributed by atoms with Crippen LogP contribution in [0.1, 0.15) is 52.9 Å². The van der Waals surface area contributed by atoms with Crippen LogP contribution < -0.4 is 32.7 Å². The van der Waals surface area contributed by atoms with Gasteiger partial charge in [-0.15, -0.1) is 0 Å². The van der Waals surface area contributed by atoms with Crippen LogP contribution in [-0.2, 0) is 38.2 Å². The third-order valence-corrected chi connectivity index (χ3v) is 6.60. The number of hydrogen-bond acceptors (Lipinski definition) is 12. The summed E-state index contributed by atoms with van der Waals surface area (Å²) in [4.78, 5) is 73.1. The minimum atomic E-state index is -1.68. The Morgan fingerprint density at radius 3 is 2.09 bits per heavy atom. The standard InChI is InChI=1S/C25H44N6O12/c1-11(21(36)30-14(7-8-17(27)34)23(38)31-15(24(39)40)6-4-5-9-26)28-22(37)12(2)42-20-18(29-13(3)33)25(41)43-16(10-32)19(20)35/h11-12,14-16,18-20,25,32,35,41H,4-10,26H2,1-3H3,(H2,27,34)(H,28,37)(H,29,33)(H,30,36)(H,31,38)(H,39,40)/t11-,12?,14+,15-,16+,18+,19+,20+,25-/m0/s1. The van der Waals surface area contributed by atoms with Crippen molar-refractivity contribution in [3.8, 4) is 0 Å². The van der Waals surface area contributed by atoms with E-state index in [1.807, 2.05) is 0 Å². The maximum Gasteiger partial charge on any atom is 0.326 e. The molecule has 9 atom stereocenters. The molecule has 0 bridgehead atoms. The van der Waals surface area contributed by atoms with Crippen molar-refractivity contribution in [2.75, 3.05) is 13.2 Å². The lowest BCUT2D eigenvalue weighted by molar-refractivity contribution is -0.266. The van der Waals surface area contributed by atoms with Crippen molar-refractivity contribution < 1.29 is 58.7 Å². The van der Waals surface area contributed by atoms with Gasteiger partial charge in [-0.05, 0) is 46.1 Å². The molecule has 12 N–H and O–H groups in total. The fraction of sp³-hybridized carbons (Fsp3) is 0.760. The van der Waals surface area contributed by atoms with Gasteiger partial charge in [0.05, 0.1) is 6.61 Å². The zero-order valence-electron chi connectivity index (χ0n) is 24.4. The van der Waals surface area contributed by atoms with Gasteiger partial charge in [0.2, 0.25) is 29.5 Å². The first-order valence-electron chi connectivity index (χ1n) is 13.8. The highest BCUT2D eigenvalue weighted by Gasteiger charge is 2.47. The van der Waals surface area contributed by atoms with Crippen molar-refractivity contribution in [2.45, 2.75) is 108 Å². The molecule has 0 spiro atoms. The lowest BCUT2D eigenvalue weighted by atomic mass is 9.96. The van der Waals surface area contributed by atoms with E-state index in [0.29, 0.717) is 19.4 Å². The number of carbonyl (C=O) groups excluding carboxylic acids is 5. The first-order chi connectivity index (χ1) is 20.1. The van der Waals surface area contributed by atoms with Crippen molar-refractivity contribution in [1.82, 2.24) is 21.3 Å². The Kier molecular flexibility index (Phi) is 16.0. The molecule has 1 rings (SSSR count). The average molecular weight is 621 g/mol. The van der Waals surface area contributed by atoms with Crippen molar-refractivity contribution >= 4 is 35.5 Å². The van der Waals surface area contributed by atoms with E-state index in [4.69, 9.17) is 20.9 Å². The summed E-state index contributed by atoms with van der Waals surface area (Å²) in [5.41, 5.74) is 10.6. The normalized spacial score (nSPS) is 24.5. The number of carboxylic acid groups (broad SMARTS) is 1. The summed E-state index contributed by atoms with van der Waals surface area (Å²) >= 11 is 0. The number of carboxylic acids is 1. The Balaban J connectivity index is 2.92. The van der Waals surface area contributed by atoms with Gasteiger partial charge in [-0.25, -0.2) is 4.79 Å². The lowest BCUT2D eigenvalue weighted by Crippen LogP contribution is -2.65. The number of hydrogen-bond donors (Lipinski definition) is 10. The number of aliphatic hydroxyl groups is 3. The zero-order chi connectivity index (χ0) is 32.9. The number of nitrogens with one attached hydrogen (secondary N) is 4. The first-order valence-corrected chi connectivity index (χ1v) is 13.8.